The molecule has 0 spiro atoms. The maximum Gasteiger partial charge on any atom is 0.188 e. The van der Waals surface area contributed by atoms with Gasteiger partial charge in [0, 0.05) is 17.1 Å². The van der Waals surface area contributed by atoms with Crippen LogP contribution >= 0.6 is 11.8 Å². The Morgan fingerprint density at radius 1 is 1.11 bits per heavy atom. The number of ether oxygens (including phenoxy) is 2. The van der Waals surface area contributed by atoms with Gasteiger partial charge in [0.25, 0.3) is 0 Å². The van der Waals surface area contributed by atoms with Crippen molar-refractivity contribution in [2.75, 3.05) is 32.7 Å². The molecule has 0 heterocycles. The van der Waals surface area contributed by atoms with Gasteiger partial charge < -0.3 is 9.47 Å². The number of thioether (sulfide) groups is 1. The minimum absolute atomic E-state index is 0.0122. The van der Waals surface area contributed by atoms with E-state index >= 15 is 0 Å². The molecule has 0 aromatic heterocycles. The van der Waals surface area contributed by atoms with Crippen LogP contribution in [-0.2, 0) is 9.47 Å². The minimum atomic E-state index is 0.0122. The Morgan fingerprint density at radius 2 is 1.78 bits per heavy atom. The molecule has 0 amide bonds. The van der Waals surface area contributed by atoms with E-state index in [-0.39, 0.29) is 12.4 Å². The first-order valence-electron chi connectivity index (χ1n) is 6.10. The fraction of sp³-hybridized carbons (Fsp3) is 0.500. The molecule has 0 aliphatic rings. The molecule has 0 bridgehead atoms. The lowest BCUT2D eigenvalue weighted by atomic mass is 10.1. The van der Waals surface area contributed by atoms with Crippen LogP contribution in [0.2, 0.25) is 0 Å². The molecular weight excluding hydrogens is 248 g/mol. The zero-order valence-corrected chi connectivity index (χ0v) is 11.8. The van der Waals surface area contributed by atoms with E-state index in [2.05, 4.69) is 6.92 Å². The van der Waals surface area contributed by atoms with Crippen LogP contribution in [0.1, 0.15) is 23.7 Å². The molecular formula is C14H20O3S. The third kappa shape index (κ3) is 5.67. The number of Topliss-reactive ketones (excluding diaryl/α,β-unsaturated/α-hetero) is 1. The number of hydrogen-bond acceptors (Lipinski definition) is 4. The summed E-state index contributed by atoms with van der Waals surface area (Å²) < 4.78 is 10.5. The summed E-state index contributed by atoms with van der Waals surface area (Å²) >= 11 is 1.66. The SMILES string of the molecule is CCCOCCOCC(=O)c1ccc(SC)cc1. The third-order valence-corrected chi connectivity index (χ3v) is 3.11. The largest absolute Gasteiger partial charge is 0.379 e. The van der Waals surface area contributed by atoms with Crippen LogP contribution in [0.5, 0.6) is 0 Å². The van der Waals surface area contributed by atoms with E-state index in [0.717, 1.165) is 17.9 Å². The van der Waals surface area contributed by atoms with Gasteiger partial charge in [-0.3, -0.25) is 4.79 Å². The summed E-state index contributed by atoms with van der Waals surface area (Å²) in [7, 11) is 0. The maximum atomic E-state index is 11.8. The normalized spacial score (nSPS) is 10.6. The van der Waals surface area contributed by atoms with Crippen molar-refractivity contribution in [1.82, 2.24) is 0 Å². The van der Waals surface area contributed by atoms with Crippen molar-refractivity contribution in [3.8, 4) is 0 Å². The third-order valence-electron chi connectivity index (χ3n) is 2.37. The van der Waals surface area contributed by atoms with Crippen molar-refractivity contribution >= 4 is 17.5 Å². The lowest BCUT2D eigenvalue weighted by Gasteiger charge is -2.05. The Balaban J connectivity index is 2.23. The smallest absolute Gasteiger partial charge is 0.188 e. The Hall–Kier alpha value is -0.840. The van der Waals surface area contributed by atoms with Gasteiger partial charge in [-0.25, -0.2) is 0 Å². The number of ketones is 1. The molecule has 3 nitrogen and oxygen atoms in total. The van der Waals surface area contributed by atoms with Gasteiger partial charge in [0.15, 0.2) is 5.78 Å². The van der Waals surface area contributed by atoms with Crippen LogP contribution in [0, 0.1) is 0 Å². The van der Waals surface area contributed by atoms with Gasteiger partial charge in [-0.15, -0.1) is 11.8 Å². The lowest BCUT2D eigenvalue weighted by Crippen LogP contribution is -2.12. The average Bonchev–Trinajstić information content (AvgIpc) is 2.42. The predicted octanol–water partition coefficient (Wildman–Crippen LogP) is 3.03. The molecule has 4 heteroatoms. The monoisotopic (exact) mass is 268 g/mol. The van der Waals surface area contributed by atoms with E-state index in [9.17, 15) is 4.79 Å². The molecule has 18 heavy (non-hydrogen) atoms. The highest BCUT2D eigenvalue weighted by atomic mass is 32.2. The van der Waals surface area contributed by atoms with Crippen LogP contribution in [-0.4, -0.2) is 38.5 Å². The van der Waals surface area contributed by atoms with Crippen LogP contribution < -0.4 is 0 Å². The van der Waals surface area contributed by atoms with Gasteiger partial charge in [0.2, 0.25) is 0 Å². The number of hydrogen-bond donors (Lipinski definition) is 0. The summed E-state index contributed by atoms with van der Waals surface area (Å²) in [6.07, 6.45) is 3.01. The molecule has 0 unspecified atom stereocenters. The predicted molar refractivity (Wildman–Crippen MR) is 74.5 cm³/mol. The van der Waals surface area contributed by atoms with Gasteiger partial charge in [-0.2, -0.15) is 0 Å². The van der Waals surface area contributed by atoms with Crippen molar-refractivity contribution in [2.45, 2.75) is 18.2 Å². The molecule has 0 aliphatic heterocycles. The Morgan fingerprint density at radius 3 is 2.39 bits per heavy atom. The van der Waals surface area contributed by atoms with Gasteiger partial charge in [0.1, 0.15) is 6.61 Å². The maximum absolute atomic E-state index is 11.8. The first-order valence-corrected chi connectivity index (χ1v) is 7.33. The van der Waals surface area contributed by atoms with Crippen LogP contribution in [0.25, 0.3) is 0 Å². The van der Waals surface area contributed by atoms with Crippen molar-refractivity contribution < 1.29 is 14.3 Å². The van der Waals surface area contributed by atoms with E-state index in [1.165, 1.54) is 0 Å². The summed E-state index contributed by atoms with van der Waals surface area (Å²) in [5, 5.41) is 0. The van der Waals surface area contributed by atoms with E-state index in [4.69, 9.17) is 9.47 Å². The van der Waals surface area contributed by atoms with E-state index in [1.54, 1.807) is 11.8 Å². The Bertz CT molecular complexity index is 349. The second kappa shape index (κ2) is 9.14. The zero-order chi connectivity index (χ0) is 13.2. The summed E-state index contributed by atoms with van der Waals surface area (Å²) in [4.78, 5) is 12.9. The Labute approximate surface area is 113 Å². The fourth-order valence-electron chi connectivity index (χ4n) is 1.39. The molecule has 0 fully saturated rings. The van der Waals surface area contributed by atoms with Gasteiger partial charge in [-0.05, 0) is 24.8 Å². The highest BCUT2D eigenvalue weighted by Crippen LogP contribution is 2.15. The van der Waals surface area contributed by atoms with Crippen molar-refractivity contribution in [3.63, 3.8) is 0 Å². The first-order chi connectivity index (χ1) is 8.77. The standard InChI is InChI=1S/C14H20O3S/c1-3-8-16-9-10-17-11-14(15)12-4-6-13(18-2)7-5-12/h4-7H,3,8-11H2,1-2H3. The summed E-state index contributed by atoms with van der Waals surface area (Å²) in [5.41, 5.74) is 0.697. The van der Waals surface area contributed by atoms with Crippen molar-refractivity contribution in [1.29, 1.82) is 0 Å². The molecule has 1 aromatic rings. The topological polar surface area (TPSA) is 35.5 Å². The quantitative estimate of drug-likeness (QED) is 0.392. The van der Waals surface area contributed by atoms with Crippen LogP contribution in [0.15, 0.2) is 29.2 Å². The molecule has 0 saturated heterocycles. The first kappa shape index (κ1) is 15.2. The van der Waals surface area contributed by atoms with E-state index < -0.39 is 0 Å². The molecule has 0 aliphatic carbocycles. The van der Waals surface area contributed by atoms with Gasteiger partial charge in [-0.1, -0.05) is 19.1 Å². The molecule has 0 atom stereocenters. The molecule has 0 saturated carbocycles. The van der Waals surface area contributed by atoms with Crippen LogP contribution in [0.4, 0.5) is 0 Å². The van der Waals surface area contributed by atoms with Gasteiger partial charge >= 0.3 is 0 Å². The molecule has 1 rings (SSSR count). The second-order valence-electron chi connectivity index (χ2n) is 3.82. The number of rotatable bonds is 9. The van der Waals surface area contributed by atoms with E-state index in [0.29, 0.717) is 18.8 Å². The molecule has 1 aromatic carbocycles. The van der Waals surface area contributed by atoms with Crippen LogP contribution in [0.3, 0.4) is 0 Å². The summed E-state index contributed by atoms with van der Waals surface area (Å²) in [6.45, 7) is 3.94. The molecule has 0 N–H and O–H groups in total. The second-order valence-corrected chi connectivity index (χ2v) is 4.70. The number of benzene rings is 1. The lowest BCUT2D eigenvalue weighted by molar-refractivity contribution is 0.0441. The fourth-order valence-corrected chi connectivity index (χ4v) is 1.80. The van der Waals surface area contributed by atoms with E-state index in [1.807, 2.05) is 30.5 Å². The number of carbonyl (C=O) groups excluding carboxylic acids is 1. The van der Waals surface area contributed by atoms with Gasteiger partial charge in [0.05, 0.1) is 13.2 Å². The highest BCUT2D eigenvalue weighted by Gasteiger charge is 2.05. The average molecular weight is 268 g/mol. The number of carbonyl (C=O) groups is 1. The van der Waals surface area contributed by atoms with Crippen molar-refractivity contribution in [3.05, 3.63) is 29.8 Å². The van der Waals surface area contributed by atoms with Crippen molar-refractivity contribution in [2.24, 2.45) is 0 Å². The Kier molecular flexibility index (Phi) is 7.73. The zero-order valence-electron chi connectivity index (χ0n) is 11.0. The molecule has 0 radical (unpaired) electrons. The summed E-state index contributed by atoms with van der Waals surface area (Å²) in [5.74, 6) is 0.0122. The minimum Gasteiger partial charge on any atom is -0.379 e. The molecule has 100 valence electrons. The highest BCUT2D eigenvalue weighted by molar-refractivity contribution is 7.98. The summed E-state index contributed by atoms with van der Waals surface area (Å²) in [6, 6.07) is 7.57.